The van der Waals surface area contributed by atoms with Gasteiger partial charge in [-0.05, 0) is 57.9 Å². The van der Waals surface area contributed by atoms with E-state index in [9.17, 15) is 0 Å². The monoisotopic (exact) mass is 351 g/mol. The first-order valence-corrected chi connectivity index (χ1v) is 8.57. The van der Waals surface area contributed by atoms with Crippen molar-refractivity contribution in [2.24, 2.45) is 0 Å². The van der Waals surface area contributed by atoms with Crippen molar-refractivity contribution in [3.63, 3.8) is 0 Å². The van der Waals surface area contributed by atoms with Crippen LogP contribution < -0.4 is 5.32 Å². The number of aryl methyl sites for hydroxylation is 1. The highest BCUT2D eigenvalue weighted by Crippen LogP contribution is 2.38. The zero-order chi connectivity index (χ0) is 13.9. The van der Waals surface area contributed by atoms with E-state index in [2.05, 4.69) is 39.4 Å². The molecule has 3 rings (SSSR count). The molecule has 1 heterocycles. The van der Waals surface area contributed by atoms with Crippen LogP contribution in [0, 0.1) is 0 Å². The summed E-state index contributed by atoms with van der Waals surface area (Å²) in [6.07, 6.45) is 3.70. The van der Waals surface area contributed by atoms with Crippen LogP contribution in [0.25, 0.3) is 0 Å². The van der Waals surface area contributed by atoms with E-state index in [1.54, 1.807) is 0 Å². The van der Waals surface area contributed by atoms with Crippen LogP contribution in [0.2, 0.25) is 0 Å². The third kappa shape index (κ3) is 3.14. The number of fused-ring (bicyclic) bond motifs is 1. The Balaban J connectivity index is 1.66. The van der Waals surface area contributed by atoms with Gasteiger partial charge < -0.3 is 10.4 Å². The van der Waals surface area contributed by atoms with Gasteiger partial charge in [0.1, 0.15) is 0 Å². The molecular formula is C16H18BrNOS. The molecule has 1 aromatic heterocycles. The van der Waals surface area contributed by atoms with Gasteiger partial charge in [0, 0.05) is 17.5 Å². The van der Waals surface area contributed by atoms with Crippen LogP contribution in [0.5, 0.6) is 0 Å². The van der Waals surface area contributed by atoms with Crippen LogP contribution in [0.3, 0.4) is 0 Å². The van der Waals surface area contributed by atoms with E-state index in [1.807, 2.05) is 23.5 Å². The summed E-state index contributed by atoms with van der Waals surface area (Å²) < 4.78 is 1.24. The molecule has 0 bridgehead atoms. The first kappa shape index (κ1) is 14.3. The number of rotatable bonds is 4. The zero-order valence-corrected chi connectivity index (χ0v) is 13.6. The summed E-state index contributed by atoms with van der Waals surface area (Å²) in [7, 11) is 0. The van der Waals surface area contributed by atoms with Gasteiger partial charge in [0.2, 0.25) is 0 Å². The first-order chi connectivity index (χ1) is 9.76. The number of hydrogen-bond donors (Lipinski definition) is 2. The molecule has 4 heteroatoms. The quantitative estimate of drug-likeness (QED) is 0.866. The second-order valence-corrected chi connectivity index (χ2v) is 7.75. The minimum atomic E-state index is 0.114. The average molecular weight is 352 g/mol. The average Bonchev–Trinajstić information content (AvgIpc) is 2.86. The van der Waals surface area contributed by atoms with Crippen molar-refractivity contribution in [1.29, 1.82) is 0 Å². The van der Waals surface area contributed by atoms with Gasteiger partial charge in [-0.25, -0.2) is 0 Å². The Morgan fingerprint density at radius 3 is 2.75 bits per heavy atom. The van der Waals surface area contributed by atoms with Crippen LogP contribution in [0.15, 0.2) is 34.1 Å². The Bertz CT molecular complexity index is 579. The number of nitrogens with one attached hydrogen (secondary N) is 1. The normalized spacial score (nSPS) is 18.0. The van der Waals surface area contributed by atoms with Gasteiger partial charge in [0.25, 0.3) is 0 Å². The lowest BCUT2D eigenvalue weighted by Gasteiger charge is -2.23. The molecule has 1 aromatic carbocycles. The van der Waals surface area contributed by atoms with Gasteiger partial charge >= 0.3 is 0 Å². The molecule has 20 heavy (non-hydrogen) atoms. The van der Waals surface area contributed by atoms with Crippen LogP contribution >= 0.6 is 27.3 Å². The number of thiophene rings is 1. The molecule has 0 fully saturated rings. The first-order valence-electron chi connectivity index (χ1n) is 6.96. The van der Waals surface area contributed by atoms with Gasteiger partial charge in [-0.3, -0.25) is 0 Å². The van der Waals surface area contributed by atoms with Gasteiger partial charge in [-0.1, -0.05) is 24.3 Å². The minimum absolute atomic E-state index is 0.114. The van der Waals surface area contributed by atoms with Gasteiger partial charge in [0.05, 0.1) is 10.4 Å². The standard InChI is InChI=1S/C16H18BrNOS/c17-16-8-13-14(2-1-3-15(13)20-16)18-9-11-4-6-12(10-19)7-5-11/h4-8,14,18-19H,1-3,9-10H2. The largest absolute Gasteiger partial charge is 0.392 e. The Morgan fingerprint density at radius 1 is 1.25 bits per heavy atom. The maximum Gasteiger partial charge on any atom is 0.0704 e. The predicted molar refractivity (Wildman–Crippen MR) is 86.9 cm³/mol. The van der Waals surface area contributed by atoms with Crippen molar-refractivity contribution in [3.8, 4) is 0 Å². The molecule has 2 aromatic rings. The van der Waals surface area contributed by atoms with E-state index in [1.165, 1.54) is 39.1 Å². The Hall–Kier alpha value is -0.680. The van der Waals surface area contributed by atoms with E-state index in [-0.39, 0.29) is 6.61 Å². The third-order valence-corrected chi connectivity index (χ3v) is 5.56. The second kappa shape index (κ2) is 6.39. The Kier molecular flexibility index (Phi) is 4.56. The molecule has 1 aliphatic carbocycles. The Labute approximate surface area is 132 Å². The van der Waals surface area contributed by atoms with Crippen molar-refractivity contribution in [2.45, 2.75) is 38.5 Å². The fourth-order valence-electron chi connectivity index (χ4n) is 2.74. The van der Waals surface area contributed by atoms with Crippen molar-refractivity contribution in [1.82, 2.24) is 5.32 Å². The fraction of sp³-hybridized carbons (Fsp3) is 0.375. The smallest absolute Gasteiger partial charge is 0.0704 e. The SMILES string of the molecule is OCc1ccc(CNC2CCCc3sc(Br)cc32)cc1. The summed E-state index contributed by atoms with van der Waals surface area (Å²) >= 11 is 5.47. The van der Waals surface area contributed by atoms with Crippen molar-refractivity contribution >= 4 is 27.3 Å². The summed E-state index contributed by atoms with van der Waals surface area (Å²) in [5.74, 6) is 0. The molecule has 0 spiro atoms. The summed E-state index contributed by atoms with van der Waals surface area (Å²) in [4.78, 5) is 1.52. The van der Waals surface area contributed by atoms with E-state index < -0.39 is 0 Å². The highest BCUT2D eigenvalue weighted by Gasteiger charge is 2.22. The summed E-state index contributed by atoms with van der Waals surface area (Å²) in [6.45, 7) is 0.992. The van der Waals surface area contributed by atoms with Gasteiger partial charge in [0.15, 0.2) is 0 Å². The minimum Gasteiger partial charge on any atom is -0.392 e. The summed E-state index contributed by atoms with van der Waals surface area (Å²) in [5.41, 5.74) is 3.71. The Morgan fingerprint density at radius 2 is 2.00 bits per heavy atom. The lowest BCUT2D eigenvalue weighted by Crippen LogP contribution is -2.23. The zero-order valence-electron chi connectivity index (χ0n) is 11.2. The molecule has 0 saturated carbocycles. The molecule has 0 radical (unpaired) electrons. The van der Waals surface area contributed by atoms with E-state index >= 15 is 0 Å². The van der Waals surface area contributed by atoms with Crippen LogP contribution in [-0.4, -0.2) is 5.11 Å². The molecule has 1 unspecified atom stereocenters. The second-order valence-electron chi connectivity index (χ2n) is 5.23. The molecule has 0 saturated heterocycles. The maximum absolute atomic E-state index is 9.05. The third-order valence-electron chi connectivity index (χ3n) is 3.84. The highest BCUT2D eigenvalue weighted by atomic mass is 79.9. The van der Waals surface area contributed by atoms with Crippen molar-refractivity contribution in [3.05, 3.63) is 55.7 Å². The lowest BCUT2D eigenvalue weighted by molar-refractivity contribution is 0.282. The predicted octanol–water partition coefficient (Wildman–Crippen LogP) is 4.17. The summed E-state index contributed by atoms with van der Waals surface area (Å²) in [5, 5.41) is 12.7. The maximum atomic E-state index is 9.05. The number of aliphatic hydroxyl groups excluding tert-OH is 1. The molecule has 2 N–H and O–H groups in total. The van der Waals surface area contributed by atoms with E-state index in [4.69, 9.17) is 5.11 Å². The molecule has 106 valence electrons. The molecule has 2 nitrogen and oxygen atoms in total. The van der Waals surface area contributed by atoms with Crippen LogP contribution in [0.1, 0.15) is 40.5 Å². The molecule has 1 aliphatic rings. The van der Waals surface area contributed by atoms with E-state index in [0.717, 1.165) is 12.1 Å². The van der Waals surface area contributed by atoms with Crippen LogP contribution in [0.4, 0.5) is 0 Å². The molecule has 0 aliphatic heterocycles. The van der Waals surface area contributed by atoms with Crippen LogP contribution in [-0.2, 0) is 19.6 Å². The topological polar surface area (TPSA) is 32.3 Å². The number of hydrogen-bond acceptors (Lipinski definition) is 3. The number of halogens is 1. The van der Waals surface area contributed by atoms with Crippen molar-refractivity contribution < 1.29 is 5.11 Å². The van der Waals surface area contributed by atoms with E-state index in [0.29, 0.717) is 6.04 Å². The van der Waals surface area contributed by atoms with Gasteiger partial charge in [-0.2, -0.15) is 0 Å². The lowest BCUT2D eigenvalue weighted by atomic mass is 9.94. The summed E-state index contributed by atoms with van der Waals surface area (Å²) in [6, 6.07) is 10.9. The molecule has 1 atom stereocenters. The fourth-order valence-corrected chi connectivity index (χ4v) is 4.56. The molecular weight excluding hydrogens is 334 g/mol. The van der Waals surface area contributed by atoms with Crippen molar-refractivity contribution in [2.75, 3.05) is 0 Å². The molecule has 0 amide bonds. The number of aliphatic hydroxyl groups is 1. The van der Waals surface area contributed by atoms with Gasteiger partial charge in [-0.15, -0.1) is 11.3 Å². The number of benzene rings is 1. The highest BCUT2D eigenvalue weighted by molar-refractivity contribution is 9.11.